The summed E-state index contributed by atoms with van der Waals surface area (Å²) < 4.78 is 5.27. The molecule has 0 aromatic carbocycles. The van der Waals surface area contributed by atoms with E-state index in [2.05, 4.69) is 30.2 Å². The fourth-order valence-electron chi connectivity index (χ4n) is 2.66. The molecule has 1 aromatic heterocycles. The summed E-state index contributed by atoms with van der Waals surface area (Å²) in [6.45, 7) is 6.24. The third-order valence-corrected chi connectivity index (χ3v) is 4.68. The molecule has 1 unspecified atom stereocenters. The molecule has 1 aliphatic heterocycles. The van der Waals surface area contributed by atoms with Crippen molar-refractivity contribution in [3.05, 3.63) is 21.9 Å². The van der Waals surface area contributed by atoms with Gasteiger partial charge in [0.15, 0.2) is 0 Å². The normalized spacial score (nSPS) is 19.2. The Labute approximate surface area is 119 Å². The average Bonchev–Trinajstić information content (AvgIpc) is 2.87. The minimum absolute atomic E-state index is 0.0782. The van der Waals surface area contributed by atoms with Crippen LogP contribution >= 0.6 is 11.3 Å². The highest BCUT2D eigenvalue weighted by molar-refractivity contribution is 7.10. The number of thiophene rings is 1. The van der Waals surface area contributed by atoms with Crippen LogP contribution in [0.4, 0.5) is 0 Å². The number of nitrogens with zero attached hydrogens (tertiary/aromatic N) is 1. The highest BCUT2D eigenvalue weighted by atomic mass is 32.1. The van der Waals surface area contributed by atoms with Gasteiger partial charge in [-0.15, -0.1) is 11.3 Å². The second-order valence-electron chi connectivity index (χ2n) is 5.02. The summed E-state index contributed by atoms with van der Waals surface area (Å²) in [5, 5.41) is 2.16. The van der Waals surface area contributed by atoms with Crippen molar-refractivity contribution >= 4 is 17.3 Å². The molecule has 19 heavy (non-hydrogen) atoms. The zero-order chi connectivity index (χ0) is 13.7. The SMILES string of the molecule is CCCCOC(=O)CN1CCc2sccc2C1CC. The molecular weight excluding hydrogens is 258 g/mol. The van der Waals surface area contributed by atoms with Gasteiger partial charge in [0, 0.05) is 17.5 Å². The second-order valence-corrected chi connectivity index (χ2v) is 6.02. The maximum Gasteiger partial charge on any atom is 0.320 e. The molecule has 0 bridgehead atoms. The molecule has 3 nitrogen and oxygen atoms in total. The molecule has 1 atom stereocenters. The zero-order valence-corrected chi connectivity index (χ0v) is 12.7. The molecule has 106 valence electrons. The number of unbranched alkanes of at least 4 members (excludes halogenated alkanes) is 1. The van der Waals surface area contributed by atoms with Gasteiger partial charge in [0.1, 0.15) is 0 Å². The lowest BCUT2D eigenvalue weighted by Crippen LogP contribution is -2.38. The first kappa shape index (κ1) is 14.5. The van der Waals surface area contributed by atoms with E-state index in [-0.39, 0.29) is 5.97 Å². The average molecular weight is 281 g/mol. The fraction of sp³-hybridized carbons (Fsp3) is 0.667. The summed E-state index contributed by atoms with van der Waals surface area (Å²) in [7, 11) is 0. The molecule has 0 N–H and O–H groups in total. The molecule has 0 saturated heterocycles. The molecule has 2 rings (SSSR count). The summed E-state index contributed by atoms with van der Waals surface area (Å²) in [4.78, 5) is 15.6. The van der Waals surface area contributed by atoms with Crippen LogP contribution in [0.25, 0.3) is 0 Å². The Morgan fingerprint density at radius 3 is 3.11 bits per heavy atom. The van der Waals surface area contributed by atoms with Gasteiger partial charge in [-0.3, -0.25) is 9.69 Å². The van der Waals surface area contributed by atoms with Gasteiger partial charge in [-0.25, -0.2) is 0 Å². The van der Waals surface area contributed by atoms with Gasteiger partial charge in [0.25, 0.3) is 0 Å². The molecule has 1 aromatic rings. The second kappa shape index (κ2) is 7.06. The Morgan fingerprint density at radius 2 is 2.37 bits per heavy atom. The zero-order valence-electron chi connectivity index (χ0n) is 11.9. The molecule has 0 amide bonds. The van der Waals surface area contributed by atoms with E-state index < -0.39 is 0 Å². The van der Waals surface area contributed by atoms with Crippen LogP contribution in [-0.4, -0.2) is 30.6 Å². The standard InChI is InChI=1S/C15H23NO2S/c1-3-5-9-18-15(17)11-16-8-6-14-12(7-10-19-14)13(16)4-2/h7,10,13H,3-6,8-9,11H2,1-2H3. The Bertz CT molecular complexity index is 416. The maximum atomic E-state index is 11.8. The smallest absolute Gasteiger partial charge is 0.320 e. The Balaban J connectivity index is 1.92. The van der Waals surface area contributed by atoms with Crippen LogP contribution in [0.2, 0.25) is 0 Å². The molecule has 0 radical (unpaired) electrons. The lowest BCUT2D eigenvalue weighted by molar-refractivity contribution is -0.145. The summed E-state index contributed by atoms with van der Waals surface area (Å²) >= 11 is 1.84. The van der Waals surface area contributed by atoms with E-state index in [0.29, 0.717) is 19.2 Å². The predicted molar refractivity (Wildman–Crippen MR) is 78.5 cm³/mol. The highest BCUT2D eigenvalue weighted by Gasteiger charge is 2.28. The number of fused-ring (bicyclic) bond motifs is 1. The van der Waals surface area contributed by atoms with Gasteiger partial charge in [-0.2, -0.15) is 0 Å². The van der Waals surface area contributed by atoms with E-state index in [1.54, 1.807) is 0 Å². The Hall–Kier alpha value is -0.870. The highest BCUT2D eigenvalue weighted by Crippen LogP contribution is 2.34. The van der Waals surface area contributed by atoms with Crippen LogP contribution in [0, 0.1) is 0 Å². The summed E-state index contributed by atoms with van der Waals surface area (Å²) in [6, 6.07) is 2.59. The van der Waals surface area contributed by atoms with Crippen LogP contribution in [0.3, 0.4) is 0 Å². The maximum absolute atomic E-state index is 11.8. The number of carbonyl (C=O) groups excluding carboxylic acids is 1. The summed E-state index contributed by atoms with van der Waals surface area (Å²) in [5.41, 5.74) is 1.42. The Morgan fingerprint density at radius 1 is 1.53 bits per heavy atom. The number of esters is 1. The fourth-order valence-corrected chi connectivity index (χ4v) is 3.59. The lowest BCUT2D eigenvalue weighted by Gasteiger charge is -2.34. The van der Waals surface area contributed by atoms with E-state index in [1.165, 1.54) is 10.4 Å². The van der Waals surface area contributed by atoms with E-state index in [4.69, 9.17) is 4.74 Å². The Kier molecular flexibility index (Phi) is 5.40. The van der Waals surface area contributed by atoms with Crippen molar-refractivity contribution in [3.8, 4) is 0 Å². The first-order valence-corrected chi connectivity index (χ1v) is 8.10. The lowest BCUT2D eigenvalue weighted by atomic mass is 9.98. The van der Waals surface area contributed by atoms with E-state index in [1.807, 2.05) is 11.3 Å². The van der Waals surface area contributed by atoms with Gasteiger partial charge < -0.3 is 4.74 Å². The van der Waals surface area contributed by atoms with Crippen molar-refractivity contribution in [1.82, 2.24) is 4.90 Å². The van der Waals surface area contributed by atoms with Gasteiger partial charge in [-0.05, 0) is 36.3 Å². The van der Waals surface area contributed by atoms with Gasteiger partial charge >= 0.3 is 5.97 Å². The van der Waals surface area contributed by atoms with Crippen LogP contribution in [0.15, 0.2) is 11.4 Å². The van der Waals surface area contributed by atoms with Crippen LogP contribution in [-0.2, 0) is 16.0 Å². The molecule has 1 aliphatic rings. The van der Waals surface area contributed by atoms with Crippen molar-refractivity contribution in [2.75, 3.05) is 19.7 Å². The molecule has 2 heterocycles. The first-order valence-electron chi connectivity index (χ1n) is 7.22. The summed E-state index contributed by atoms with van der Waals surface area (Å²) in [5.74, 6) is -0.0782. The van der Waals surface area contributed by atoms with Crippen molar-refractivity contribution in [2.45, 2.75) is 45.6 Å². The van der Waals surface area contributed by atoms with Crippen LogP contribution in [0.1, 0.15) is 49.6 Å². The monoisotopic (exact) mass is 281 g/mol. The molecule has 0 fully saturated rings. The predicted octanol–water partition coefficient (Wildman–Crippen LogP) is 3.40. The van der Waals surface area contributed by atoms with E-state index in [0.717, 1.165) is 32.2 Å². The van der Waals surface area contributed by atoms with Crippen molar-refractivity contribution in [2.24, 2.45) is 0 Å². The van der Waals surface area contributed by atoms with Gasteiger partial charge in [0.05, 0.1) is 13.2 Å². The largest absolute Gasteiger partial charge is 0.465 e. The van der Waals surface area contributed by atoms with Crippen LogP contribution in [0.5, 0.6) is 0 Å². The topological polar surface area (TPSA) is 29.5 Å². The minimum atomic E-state index is -0.0782. The summed E-state index contributed by atoms with van der Waals surface area (Å²) in [6.07, 6.45) is 4.13. The van der Waals surface area contributed by atoms with Crippen molar-refractivity contribution in [3.63, 3.8) is 0 Å². The van der Waals surface area contributed by atoms with Crippen LogP contribution < -0.4 is 0 Å². The number of hydrogen-bond donors (Lipinski definition) is 0. The first-order chi connectivity index (χ1) is 9.26. The third kappa shape index (κ3) is 3.57. The van der Waals surface area contributed by atoms with E-state index >= 15 is 0 Å². The number of hydrogen-bond acceptors (Lipinski definition) is 4. The van der Waals surface area contributed by atoms with Crippen molar-refractivity contribution < 1.29 is 9.53 Å². The van der Waals surface area contributed by atoms with Crippen molar-refractivity contribution in [1.29, 1.82) is 0 Å². The minimum Gasteiger partial charge on any atom is -0.465 e. The molecule has 0 spiro atoms. The van der Waals surface area contributed by atoms with Gasteiger partial charge in [-0.1, -0.05) is 20.3 Å². The third-order valence-electron chi connectivity index (χ3n) is 3.69. The molecule has 4 heteroatoms. The molecule has 0 saturated carbocycles. The van der Waals surface area contributed by atoms with Gasteiger partial charge in [0.2, 0.25) is 0 Å². The molecule has 0 aliphatic carbocycles. The number of rotatable bonds is 6. The number of carbonyl (C=O) groups is 1. The van der Waals surface area contributed by atoms with E-state index in [9.17, 15) is 4.79 Å². The quantitative estimate of drug-likeness (QED) is 0.591. The number of ether oxygens (including phenoxy) is 1. The molecular formula is C15H23NO2S.